The molecule has 2 atom stereocenters. The molecule has 3 aromatic rings. The van der Waals surface area contributed by atoms with Crippen LogP contribution in [0.4, 0.5) is 18.9 Å². The van der Waals surface area contributed by atoms with Crippen molar-refractivity contribution in [2.75, 3.05) is 26.6 Å². The Hall–Kier alpha value is -4.11. The minimum atomic E-state index is -4.71. The van der Waals surface area contributed by atoms with Gasteiger partial charge in [0.1, 0.15) is 18.0 Å². The number of halogens is 3. The highest BCUT2D eigenvalue weighted by molar-refractivity contribution is 5.78. The maximum absolute atomic E-state index is 12.3. The highest BCUT2D eigenvalue weighted by Gasteiger charge is 2.38. The van der Waals surface area contributed by atoms with Crippen LogP contribution in [-0.4, -0.2) is 33.8 Å². The molecule has 194 valence electrons. The second kappa shape index (κ2) is 11.3. The molecule has 1 heterocycles. The summed E-state index contributed by atoms with van der Waals surface area (Å²) in [5.41, 5.74) is 3.49. The molecule has 1 fully saturated rings. The molecule has 0 radical (unpaired) electrons. The van der Waals surface area contributed by atoms with Crippen LogP contribution in [0.1, 0.15) is 22.8 Å². The minimum Gasteiger partial charge on any atom is -0.493 e. The van der Waals surface area contributed by atoms with Gasteiger partial charge in [-0.15, -0.1) is 13.2 Å². The zero-order valence-electron chi connectivity index (χ0n) is 20.4. The molecule has 0 amide bonds. The molecule has 2 unspecified atom stereocenters. The van der Waals surface area contributed by atoms with Crippen molar-refractivity contribution < 1.29 is 36.9 Å². The van der Waals surface area contributed by atoms with Gasteiger partial charge in [-0.05, 0) is 59.3 Å². The van der Waals surface area contributed by atoms with Gasteiger partial charge >= 0.3 is 6.36 Å². The number of hydrogen-bond donors (Lipinski definition) is 1. The van der Waals surface area contributed by atoms with Gasteiger partial charge in [-0.2, -0.15) is 0 Å². The number of para-hydroxylation sites is 1. The Kier molecular flexibility index (Phi) is 7.93. The molecule has 1 saturated heterocycles. The Morgan fingerprint density at radius 1 is 0.865 bits per heavy atom. The summed E-state index contributed by atoms with van der Waals surface area (Å²) in [7, 11) is 4.70. The molecule has 3 aromatic carbocycles. The molecule has 0 aliphatic carbocycles. The molecule has 4 rings (SSSR count). The van der Waals surface area contributed by atoms with Crippen LogP contribution in [0.25, 0.3) is 12.2 Å². The fraction of sp³-hybridized carbons (Fsp3) is 0.214. The van der Waals surface area contributed by atoms with E-state index in [1.807, 2.05) is 54.6 Å². The number of nitrogens with one attached hydrogen (secondary N) is 1. The molecule has 0 bridgehead atoms. The van der Waals surface area contributed by atoms with Gasteiger partial charge in [0.25, 0.3) is 0 Å². The molecule has 37 heavy (non-hydrogen) atoms. The van der Waals surface area contributed by atoms with Gasteiger partial charge in [0.15, 0.2) is 11.5 Å². The molecular formula is C28H26F3NO5. The fourth-order valence-electron chi connectivity index (χ4n) is 3.79. The first-order chi connectivity index (χ1) is 17.8. The van der Waals surface area contributed by atoms with Crippen LogP contribution in [0, 0.1) is 0 Å². The number of anilines is 1. The van der Waals surface area contributed by atoms with Crippen LogP contribution in [0.2, 0.25) is 0 Å². The number of benzene rings is 3. The molecule has 0 aromatic heterocycles. The van der Waals surface area contributed by atoms with Crippen molar-refractivity contribution in [2.45, 2.75) is 18.6 Å². The molecular weight excluding hydrogens is 487 g/mol. The van der Waals surface area contributed by atoms with E-state index in [4.69, 9.17) is 18.9 Å². The van der Waals surface area contributed by atoms with E-state index in [9.17, 15) is 13.2 Å². The Bertz CT molecular complexity index is 1250. The number of alkyl halides is 3. The van der Waals surface area contributed by atoms with E-state index in [0.717, 1.165) is 22.4 Å². The third-order valence-corrected chi connectivity index (χ3v) is 5.60. The molecule has 0 spiro atoms. The van der Waals surface area contributed by atoms with Crippen molar-refractivity contribution in [3.05, 3.63) is 89.6 Å². The van der Waals surface area contributed by atoms with Crippen LogP contribution in [0.5, 0.6) is 23.0 Å². The summed E-state index contributed by atoms with van der Waals surface area (Å²) in [6.07, 6.45) is 2.47. The summed E-state index contributed by atoms with van der Waals surface area (Å²) >= 11 is 0. The van der Waals surface area contributed by atoms with Gasteiger partial charge < -0.3 is 29.0 Å². The zero-order chi connectivity index (χ0) is 26.4. The van der Waals surface area contributed by atoms with Crippen LogP contribution in [0.3, 0.4) is 0 Å². The molecule has 9 heteroatoms. The molecule has 0 saturated carbocycles. The maximum atomic E-state index is 12.3. The van der Waals surface area contributed by atoms with Crippen LogP contribution in [-0.2, 0) is 4.74 Å². The van der Waals surface area contributed by atoms with Gasteiger partial charge in [-0.25, -0.2) is 0 Å². The molecule has 1 N–H and O–H groups in total. The van der Waals surface area contributed by atoms with Crippen LogP contribution in [0.15, 0.2) is 72.9 Å². The van der Waals surface area contributed by atoms with E-state index in [-0.39, 0.29) is 18.0 Å². The summed E-state index contributed by atoms with van der Waals surface area (Å²) in [5.74, 6) is 1.40. The Morgan fingerprint density at radius 2 is 1.54 bits per heavy atom. The standard InChI is InChI=1S/C28H26F3NO5/c1-33-24-16-18(17-25(34-2)27(24)35-3)8-9-19-6-4-5-7-22(19)32-15-14-23-26(36-23)20-10-12-21(13-11-20)37-28(29,30)31/h4-17,23,26,32H,1-3H3/b9-8-,15-14-. The number of rotatable bonds is 10. The lowest BCUT2D eigenvalue weighted by atomic mass is 10.1. The summed E-state index contributed by atoms with van der Waals surface area (Å²) in [6, 6.07) is 17.2. The van der Waals surface area contributed by atoms with Crippen molar-refractivity contribution in [1.29, 1.82) is 0 Å². The topological polar surface area (TPSA) is 61.5 Å². The smallest absolute Gasteiger partial charge is 0.493 e. The molecule has 1 aliphatic heterocycles. The van der Waals surface area contributed by atoms with Gasteiger partial charge in [-0.1, -0.05) is 42.5 Å². The van der Waals surface area contributed by atoms with E-state index in [0.29, 0.717) is 17.2 Å². The third-order valence-electron chi connectivity index (χ3n) is 5.60. The average Bonchev–Trinajstić information content (AvgIpc) is 3.66. The maximum Gasteiger partial charge on any atom is 0.573 e. The van der Waals surface area contributed by atoms with Crippen molar-refractivity contribution in [1.82, 2.24) is 0 Å². The van der Waals surface area contributed by atoms with Gasteiger partial charge in [-0.3, -0.25) is 0 Å². The Morgan fingerprint density at radius 3 is 2.16 bits per heavy atom. The van der Waals surface area contributed by atoms with Crippen molar-refractivity contribution in [2.24, 2.45) is 0 Å². The average molecular weight is 514 g/mol. The highest BCUT2D eigenvalue weighted by Crippen LogP contribution is 2.41. The second-order valence-electron chi connectivity index (χ2n) is 8.02. The first-order valence-electron chi connectivity index (χ1n) is 11.3. The van der Waals surface area contributed by atoms with E-state index >= 15 is 0 Å². The lowest BCUT2D eigenvalue weighted by Crippen LogP contribution is -2.17. The largest absolute Gasteiger partial charge is 0.573 e. The summed E-state index contributed by atoms with van der Waals surface area (Å²) < 4.78 is 62.7. The van der Waals surface area contributed by atoms with E-state index < -0.39 is 6.36 Å². The molecule has 6 nitrogen and oxygen atoms in total. The fourth-order valence-corrected chi connectivity index (χ4v) is 3.79. The lowest BCUT2D eigenvalue weighted by Gasteiger charge is -2.13. The zero-order valence-corrected chi connectivity index (χ0v) is 20.4. The number of epoxide rings is 1. The third kappa shape index (κ3) is 6.77. The Labute approximate surface area is 212 Å². The minimum absolute atomic E-state index is 0.177. The summed E-state index contributed by atoms with van der Waals surface area (Å²) in [6.45, 7) is 0. The first kappa shape index (κ1) is 26.0. The van der Waals surface area contributed by atoms with Crippen molar-refractivity contribution >= 4 is 17.8 Å². The van der Waals surface area contributed by atoms with E-state index in [1.54, 1.807) is 39.7 Å². The SMILES string of the molecule is COc1cc(/C=C\c2ccccc2N/C=C\C2OC2c2ccc(OC(F)(F)F)cc2)cc(OC)c1OC. The van der Waals surface area contributed by atoms with Gasteiger partial charge in [0.05, 0.1) is 21.3 Å². The van der Waals surface area contributed by atoms with Crippen molar-refractivity contribution in [3.63, 3.8) is 0 Å². The predicted molar refractivity (Wildman–Crippen MR) is 135 cm³/mol. The monoisotopic (exact) mass is 513 g/mol. The van der Waals surface area contributed by atoms with Crippen LogP contribution >= 0.6 is 0 Å². The number of methoxy groups -OCH3 is 3. The van der Waals surface area contributed by atoms with E-state index in [1.165, 1.54) is 12.1 Å². The first-order valence-corrected chi connectivity index (χ1v) is 11.3. The van der Waals surface area contributed by atoms with Gasteiger partial charge in [0.2, 0.25) is 5.75 Å². The van der Waals surface area contributed by atoms with Gasteiger partial charge in [0, 0.05) is 5.69 Å². The second-order valence-corrected chi connectivity index (χ2v) is 8.02. The van der Waals surface area contributed by atoms with Crippen LogP contribution < -0.4 is 24.3 Å². The number of hydrogen-bond acceptors (Lipinski definition) is 6. The quantitative estimate of drug-likeness (QED) is 0.236. The van der Waals surface area contributed by atoms with E-state index in [2.05, 4.69) is 10.1 Å². The Balaban J connectivity index is 1.39. The normalized spacial score (nSPS) is 17.1. The predicted octanol–water partition coefficient (Wildman–Crippen LogP) is 6.85. The van der Waals surface area contributed by atoms with Crippen molar-refractivity contribution in [3.8, 4) is 23.0 Å². The highest BCUT2D eigenvalue weighted by atomic mass is 19.4. The molecule has 1 aliphatic rings. The number of ether oxygens (including phenoxy) is 5. The summed E-state index contributed by atoms with van der Waals surface area (Å²) in [4.78, 5) is 0. The lowest BCUT2D eigenvalue weighted by molar-refractivity contribution is -0.274. The summed E-state index contributed by atoms with van der Waals surface area (Å²) in [5, 5.41) is 3.26.